The SMILES string of the molecule is CC(C)c1ccc(NC(=O)CC(=O)Nc2ccc3nc4n(c(=O)c3c2)CCCCC4)cc1. The van der Waals surface area contributed by atoms with E-state index in [0.29, 0.717) is 34.7 Å². The van der Waals surface area contributed by atoms with Crippen molar-refractivity contribution in [3.8, 4) is 0 Å². The lowest BCUT2D eigenvalue weighted by atomic mass is 10.0. The molecule has 0 aliphatic carbocycles. The van der Waals surface area contributed by atoms with Crippen LogP contribution in [-0.4, -0.2) is 21.4 Å². The number of aromatic nitrogens is 2. The first-order chi connectivity index (χ1) is 15.4. The van der Waals surface area contributed by atoms with E-state index in [1.807, 2.05) is 24.3 Å². The van der Waals surface area contributed by atoms with Gasteiger partial charge in [0, 0.05) is 24.3 Å². The van der Waals surface area contributed by atoms with Crippen LogP contribution in [0.2, 0.25) is 0 Å². The van der Waals surface area contributed by atoms with Crippen LogP contribution in [0.4, 0.5) is 11.4 Å². The first-order valence-corrected chi connectivity index (χ1v) is 11.1. The third-order valence-electron chi connectivity index (χ3n) is 5.78. The largest absolute Gasteiger partial charge is 0.326 e. The number of aryl methyl sites for hydroxylation is 1. The predicted octanol–water partition coefficient (Wildman–Crippen LogP) is 4.21. The topological polar surface area (TPSA) is 93.1 Å². The summed E-state index contributed by atoms with van der Waals surface area (Å²) in [5.41, 5.74) is 2.86. The number of nitrogens with zero attached hydrogens (tertiary/aromatic N) is 2. The summed E-state index contributed by atoms with van der Waals surface area (Å²) in [6.07, 6.45) is 3.58. The number of rotatable bonds is 5. The summed E-state index contributed by atoms with van der Waals surface area (Å²) in [7, 11) is 0. The van der Waals surface area contributed by atoms with Gasteiger partial charge in [0.1, 0.15) is 12.2 Å². The lowest BCUT2D eigenvalue weighted by Gasteiger charge is -2.11. The molecule has 0 saturated carbocycles. The van der Waals surface area contributed by atoms with Gasteiger partial charge in [0.05, 0.1) is 10.9 Å². The van der Waals surface area contributed by atoms with Gasteiger partial charge in [-0.3, -0.25) is 19.0 Å². The highest BCUT2D eigenvalue weighted by molar-refractivity contribution is 6.08. The average Bonchev–Trinajstić information content (AvgIpc) is 3.00. The maximum absolute atomic E-state index is 13.0. The molecule has 4 rings (SSSR count). The fourth-order valence-corrected chi connectivity index (χ4v) is 4.00. The van der Waals surface area contributed by atoms with E-state index in [1.54, 1.807) is 22.8 Å². The lowest BCUT2D eigenvalue weighted by Crippen LogP contribution is -2.25. The minimum Gasteiger partial charge on any atom is -0.326 e. The minimum absolute atomic E-state index is 0.0782. The Bertz CT molecular complexity index is 1210. The highest BCUT2D eigenvalue weighted by Crippen LogP contribution is 2.19. The second-order valence-corrected chi connectivity index (χ2v) is 8.58. The monoisotopic (exact) mass is 432 g/mol. The van der Waals surface area contributed by atoms with Crippen LogP contribution in [0.5, 0.6) is 0 Å². The van der Waals surface area contributed by atoms with Crippen LogP contribution in [0, 0.1) is 0 Å². The molecule has 0 atom stereocenters. The van der Waals surface area contributed by atoms with E-state index < -0.39 is 11.8 Å². The second-order valence-electron chi connectivity index (χ2n) is 8.58. The van der Waals surface area contributed by atoms with Gasteiger partial charge in [0.15, 0.2) is 0 Å². The molecule has 1 aromatic heterocycles. The van der Waals surface area contributed by atoms with Crippen molar-refractivity contribution in [2.24, 2.45) is 0 Å². The fraction of sp³-hybridized carbons (Fsp3) is 0.360. The van der Waals surface area contributed by atoms with Crippen LogP contribution >= 0.6 is 0 Å². The summed E-state index contributed by atoms with van der Waals surface area (Å²) in [5, 5.41) is 5.93. The molecule has 3 aromatic rings. The zero-order valence-corrected chi connectivity index (χ0v) is 18.5. The van der Waals surface area contributed by atoms with Crippen LogP contribution in [0.15, 0.2) is 47.3 Å². The molecule has 0 spiro atoms. The fourth-order valence-electron chi connectivity index (χ4n) is 4.00. The molecule has 0 bridgehead atoms. The number of benzene rings is 2. The van der Waals surface area contributed by atoms with E-state index in [2.05, 4.69) is 29.5 Å². The molecule has 166 valence electrons. The number of fused-ring (bicyclic) bond motifs is 2. The van der Waals surface area contributed by atoms with Crippen molar-refractivity contribution < 1.29 is 9.59 Å². The molecule has 1 aliphatic rings. The highest BCUT2D eigenvalue weighted by Gasteiger charge is 2.15. The van der Waals surface area contributed by atoms with Gasteiger partial charge in [0.2, 0.25) is 11.8 Å². The third-order valence-corrected chi connectivity index (χ3v) is 5.78. The maximum Gasteiger partial charge on any atom is 0.261 e. The molecule has 2 N–H and O–H groups in total. The van der Waals surface area contributed by atoms with Crippen LogP contribution < -0.4 is 16.2 Å². The Morgan fingerprint density at radius 3 is 2.38 bits per heavy atom. The van der Waals surface area contributed by atoms with Crippen molar-refractivity contribution in [3.63, 3.8) is 0 Å². The molecule has 2 aromatic carbocycles. The summed E-state index contributed by atoms with van der Waals surface area (Å²) in [5.74, 6) is 0.400. The van der Waals surface area contributed by atoms with E-state index in [9.17, 15) is 14.4 Å². The Labute approximate surface area is 186 Å². The Hall–Kier alpha value is -3.48. The van der Waals surface area contributed by atoms with E-state index in [0.717, 1.165) is 31.5 Å². The molecule has 0 saturated heterocycles. The minimum atomic E-state index is -0.441. The molecule has 2 amide bonds. The molecule has 32 heavy (non-hydrogen) atoms. The van der Waals surface area contributed by atoms with E-state index in [4.69, 9.17) is 0 Å². The van der Waals surface area contributed by atoms with Crippen molar-refractivity contribution in [2.75, 3.05) is 10.6 Å². The lowest BCUT2D eigenvalue weighted by molar-refractivity contribution is -0.123. The maximum atomic E-state index is 13.0. The Morgan fingerprint density at radius 1 is 0.969 bits per heavy atom. The van der Waals surface area contributed by atoms with Gasteiger partial charge in [-0.05, 0) is 54.7 Å². The molecule has 2 heterocycles. The van der Waals surface area contributed by atoms with Crippen LogP contribution in [0.1, 0.15) is 56.8 Å². The molecule has 0 radical (unpaired) electrons. The smallest absolute Gasteiger partial charge is 0.261 e. The number of carbonyl (C=O) groups is 2. The standard InChI is InChI=1S/C25H28N4O3/c1-16(2)17-7-9-18(10-8-17)26-23(30)15-24(31)27-19-11-12-21-20(14-19)25(32)29-13-5-3-4-6-22(29)28-21/h7-12,14,16H,3-6,13,15H2,1-2H3,(H,26,30)(H,27,31). The molecule has 7 heteroatoms. The van der Waals surface area contributed by atoms with Gasteiger partial charge in [0.25, 0.3) is 5.56 Å². The third kappa shape index (κ3) is 4.88. The highest BCUT2D eigenvalue weighted by atomic mass is 16.2. The van der Waals surface area contributed by atoms with E-state index in [1.165, 1.54) is 5.56 Å². The van der Waals surface area contributed by atoms with E-state index in [-0.39, 0.29) is 12.0 Å². The van der Waals surface area contributed by atoms with Crippen molar-refractivity contribution in [3.05, 3.63) is 64.2 Å². The molecule has 7 nitrogen and oxygen atoms in total. The second kappa shape index (κ2) is 9.34. The molecular weight excluding hydrogens is 404 g/mol. The molecule has 0 unspecified atom stereocenters. The number of carbonyl (C=O) groups excluding carboxylic acids is 2. The van der Waals surface area contributed by atoms with Gasteiger partial charge in [-0.1, -0.05) is 32.4 Å². The number of anilines is 2. The number of nitrogens with one attached hydrogen (secondary N) is 2. The van der Waals surface area contributed by atoms with Gasteiger partial charge >= 0.3 is 0 Å². The normalized spacial score (nSPS) is 13.5. The zero-order valence-electron chi connectivity index (χ0n) is 18.5. The van der Waals surface area contributed by atoms with Crippen molar-refractivity contribution in [1.29, 1.82) is 0 Å². The predicted molar refractivity (Wildman–Crippen MR) is 126 cm³/mol. The van der Waals surface area contributed by atoms with Crippen molar-refractivity contribution in [2.45, 2.75) is 58.4 Å². The van der Waals surface area contributed by atoms with Crippen molar-refractivity contribution >= 4 is 34.1 Å². The Kier molecular flexibility index (Phi) is 6.35. The molecule has 1 aliphatic heterocycles. The van der Waals surface area contributed by atoms with Gasteiger partial charge in [-0.2, -0.15) is 0 Å². The first kappa shape index (κ1) is 21.7. The van der Waals surface area contributed by atoms with Gasteiger partial charge < -0.3 is 10.6 Å². The number of hydrogen-bond donors (Lipinski definition) is 2. The van der Waals surface area contributed by atoms with Gasteiger partial charge in [-0.15, -0.1) is 0 Å². The summed E-state index contributed by atoms with van der Waals surface area (Å²) in [6, 6.07) is 12.7. The van der Waals surface area contributed by atoms with Crippen molar-refractivity contribution in [1.82, 2.24) is 9.55 Å². The zero-order chi connectivity index (χ0) is 22.7. The summed E-state index contributed by atoms with van der Waals surface area (Å²) in [6.45, 7) is 4.88. The number of amides is 2. The summed E-state index contributed by atoms with van der Waals surface area (Å²) < 4.78 is 1.75. The molecule has 0 fully saturated rings. The summed E-state index contributed by atoms with van der Waals surface area (Å²) in [4.78, 5) is 42.3. The quantitative estimate of drug-likeness (QED) is 0.591. The number of hydrogen-bond acceptors (Lipinski definition) is 4. The Morgan fingerprint density at radius 2 is 1.66 bits per heavy atom. The van der Waals surface area contributed by atoms with Crippen LogP contribution in [0.3, 0.4) is 0 Å². The first-order valence-electron chi connectivity index (χ1n) is 11.1. The van der Waals surface area contributed by atoms with E-state index >= 15 is 0 Å². The Balaban J connectivity index is 1.43. The van der Waals surface area contributed by atoms with Crippen LogP contribution in [-0.2, 0) is 22.6 Å². The average molecular weight is 433 g/mol. The molecular formula is C25H28N4O3. The summed E-state index contributed by atoms with van der Waals surface area (Å²) >= 11 is 0. The van der Waals surface area contributed by atoms with Gasteiger partial charge in [-0.25, -0.2) is 4.98 Å². The van der Waals surface area contributed by atoms with Crippen LogP contribution in [0.25, 0.3) is 10.9 Å².